The lowest BCUT2D eigenvalue weighted by atomic mass is 10.1. The number of aromatic hydroxyl groups is 1. The van der Waals surface area contributed by atoms with E-state index in [0.29, 0.717) is 12.8 Å². The number of phenols is 1. The average Bonchev–Trinajstić information content (AvgIpc) is 2.53. The lowest BCUT2D eigenvalue weighted by molar-refractivity contribution is -0.141. The Kier molecular flexibility index (Phi) is 15.7. The molecule has 26 heavy (non-hydrogen) atoms. The van der Waals surface area contributed by atoms with Gasteiger partial charge in [-0.05, 0) is 36.5 Å². The van der Waals surface area contributed by atoms with Gasteiger partial charge in [0.2, 0.25) is 11.8 Å². The summed E-state index contributed by atoms with van der Waals surface area (Å²) >= 11 is 0. The highest BCUT2D eigenvalue weighted by Crippen LogP contribution is 2.11. The monoisotopic (exact) mass is 368 g/mol. The fourth-order valence-corrected chi connectivity index (χ4v) is 1.45. The Labute approximate surface area is 155 Å². The van der Waals surface area contributed by atoms with Gasteiger partial charge in [0, 0.05) is 13.3 Å². The molecule has 2 amide bonds. The van der Waals surface area contributed by atoms with Gasteiger partial charge in [0.15, 0.2) is 0 Å². The first-order valence-electron chi connectivity index (χ1n) is 8.45. The third-order valence-corrected chi connectivity index (χ3v) is 2.46. The van der Waals surface area contributed by atoms with E-state index in [-0.39, 0.29) is 24.1 Å². The molecule has 1 aromatic carbocycles. The Morgan fingerprint density at radius 1 is 1.15 bits per heavy atom. The van der Waals surface area contributed by atoms with Crippen molar-refractivity contribution in [1.82, 2.24) is 5.32 Å². The summed E-state index contributed by atoms with van der Waals surface area (Å²) in [6, 6.07) is 6.88. The number of carbonyl (C=O) groups is 3. The number of ether oxygens (including phenoxy) is 1. The molecule has 0 aliphatic rings. The van der Waals surface area contributed by atoms with Gasteiger partial charge in [0.1, 0.15) is 12.3 Å². The molecule has 0 aliphatic carbocycles. The summed E-state index contributed by atoms with van der Waals surface area (Å²) in [6.07, 6.45) is 1.81. The number of nitrogens with one attached hydrogen (secondary N) is 1. The van der Waals surface area contributed by atoms with Crippen LogP contribution >= 0.6 is 0 Å². The van der Waals surface area contributed by atoms with Gasteiger partial charge in [-0.2, -0.15) is 0 Å². The van der Waals surface area contributed by atoms with Crippen molar-refractivity contribution < 1.29 is 24.2 Å². The van der Waals surface area contributed by atoms with Crippen molar-refractivity contribution in [2.45, 2.75) is 47.0 Å². The molecule has 1 aromatic rings. The SMILES string of the molecule is CC(C)C.CC(N)=O.COC(=O)CNC(=O)CCCc1ccc(O)cc1. The standard InChI is InChI=1S/C13H17NO4.C4H10.C2H5NO/c1-18-13(17)9-14-12(16)4-2-3-10-5-7-11(15)8-6-10;1-4(2)3;1-2(3)4/h5-8,15H,2-4,9H2,1H3,(H,14,16);4H,1-3H3;1H3,(H2,3,4). The second-order valence-electron chi connectivity index (χ2n) is 6.22. The number of primary amides is 1. The summed E-state index contributed by atoms with van der Waals surface area (Å²) < 4.78 is 4.41. The second-order valence-corrected chi connectivity index (χ2v) is 6.22. The van der Waals surface area contributed by atoms with E-state index < -0.39 is 5.97 Å². The quantitative estimate of drug-likeness (QED) is 0.665. The zero-order valence-electron chi connectivity index (χ0n) is 16.4. The minimum Gasteiger partial charge on any atom is -0.508 e. The maximum absolute atomic E-state index is 11.3. The van der Waals surface area contributed by atoms with Crippen LogP contribution in [-0.2, 0) is 25.5 Å². The van der Waals surface area contributed by atoms with Crippen LogP contribution in [0, 0.1) is 5.92 Å². The highest BCUT2D eigenvalue weighted by Gasteiger charge is 2.05. The maximum atomic E-state index is 11.3. The summed E-state index contributed by atoms with van der Waals surface area (Å²) in [5.41, 5.74) is 5.54. The second kappa shape index (κ2) is 15.9. The minimum absolute atomic E-state index is 0.0887. The van der Waals surface area contributed by atoms with Gasteiger partial charge in [-0.15, -0.1) is 0 Å². The number of esters is 1. The lowest BCUT2D eigenvalue weighted by Crippen LogP contribution is -2.29. The molecule has 0 radical (unpaired) electrons. The first kappa shape index (κ1) is 25.7. The number of nitrogens with two attached hydrogens (primary N) is 1. The van der Waals surface area contributed by atoms with Crippen molar-refractivity contribution in [1.29, 1.82) is 0 Å². The predicted octanol–water partition coefficient (Wildman–Crippen LogP) is 2.16. The van der Waals surface area contributed by atoms with Crippen LogP contribution in [-0.4, -0.2) is 36.5 Å². The van der Waals surface area contributed by atoms with E-state index in [0.717, 1.165) is 17.9 Å². The molecule has 0 atom stereocenters. The van der Waals surface area contributed by atoms with E-state index >= 15 is 0 Å². The Bertz CT molecular complexity index is 520. The van der Waals surface area contributed by atoms with Gasteiger partial charge in [0.05, 0.1) is 7.11 Å². The zero-order valence-corrected chi connectivity index (χ0v) is 16.4. The molecular formula is C19H32N2O5. The van der Waals surface area contributed by atoms with Crippen molar-refractivity contribution in [3.8, 4) is 5.75 Å². The number of benzene rings is 1. The van der Waals surface area contributed by atoms with Gasteiger partial charge in [-0.3, -0.25) is 14.4 Å². The van der Waals surface area contributed by atoms with Crippen molar-refractivity contribution in [3.05, 3.63) is 29.8 Å². The predicted molar refractivity (Wildman–Crippen MR) is 101 cm³/mol. The first-order chi connectivity index (χ1) is 12.1. The molecule has 0 saturated carbocycles. The molecule has 0 heterocycles. The largest absolute Gasteiger partial charge is 0.508 e. The number of amides is 2. The Hall–Kier alpha value is -2.57. The van der Waals surface area contributed by atoms with Crippen molar-refractivity contribution >= 4 is 17.8 Å². The van der Waals surface area contributed by atoms with Gasteiger partial charge >= 0.3 is 5.97 Å². The van der Waals surface area contributed by atoms with Crippen molar-refractivity contribution in [2.75, 3.05) is 13.7 Å². The molecule has 0 aliphatic heterocycles. The number of hydrogen-bond donors (Lipinski definition) is 3. The third-order valence-electron chi connectivity index (χ3n) is 2.46. The number of hydrogen-bond acceptors (Lipinski definition) is 5. The smallest absolute Gasteiger partial charge is 0.325 e. The molecule has 4 N–H and O–H groups in total. The summed E-state index contributed by atoms with van der Waals surface area (Å²) in [5.74, 6) is 0.107. The number of phenolic OH excluding ortho intramolecular Hbond substituents is 1. The lowest BCUT2D eigenvalue weighted by Gasteiger charge is -2.04. The molecule has 0 spiro atoms. The Balaban J connectivity index is 0. The molecule has 7 heteroatoms. The molecule has 0 saturated heterocycles. The maximum Gasteiger partial charge on any atom is 0.325 e. The molecule has 0 aromatic heterocycles. The average molecular weight is 368 g/mol. The van der Waals surface area contributed by atoms with E-state index in [9.17, 15) is 14.4 Å². The van der Waals surface area contributed by atoms with E-state index in [1.54, 1.807) is 12.1 Å². The van der Waals surface area contributed by atoms with E-state index in [2.05, 4.69) is 36.6 Å². The Morgan fingerprint density at radius 2 is 1.62 bits per heavy atom. The number of carbonyl (C=O) groups excluding carboxylic acids is 3. The van der Waals surface area contributed by atoms with E-state index in [1.807, 2.05) is 12.1 Å². The Morgan fingerprint density at radius 3 is 2.04 bits per heavy atom. The van der Waals surface area contributed by atoms with Gasteiger partial charge < -0.3 is 20.9 Å². The molecule has 1 rings (SSSR count). The summed E-state index contributed by atoms with van der Waals surface area (Å²) in [7, 11) is 1.28. The molecule has 148 valence electrons. The van der Waals surface area contributed by atoms with Crippen molar-refractivity contribution in [2.24, 2.45) is 11.7 Å². The molecule has 0 fully saturated rings. The minimum atomic E-state index is -0.457. The van der Waals surface area contributed by atoms with Crippen LogP contribution in [0.2, 0.25) is 0 Å². The van der Waals surface area contributed by atoms with E-state index in [1.165, 1.54) is 14.0 Å². The highest BCUT2D eigenvalue weighted by atomic mass is 16.5. The normalized spacial score (nSPS) is 9.15. The van der Waals surface area contributed by atoms with E-state index in [4.69, 9.17) is 5.11 Å². The van der Waals surface area contributed by atoms with Crippen LogP contribution in [0.25, 0.3) is 0 Å². The number of rotatable bonds is 6. The summed E-state index contributed by atoms with van der Waals surface area (Å²) in [4.78, 5) is 31.4. The molecule has 0 bridgehead atoms. The summed E-state index contributed by atoms with van der Waals surface area (Å²) in [5, 5.41) is 11.6. The fraction of sp³-hybridized carbons (Fsp3) is 0.526. The number of methoxy groups -OCH3 is 1. The van der Waals surface area contributed by atoms with Crippen LogP contribution in [0.1, 0.15) is 46.1 Å². The molecule has 0 unspecified atom stereocenters. The van der Waals surface area contributed by atoms with Crippen LogP contribution in [0.15, 0.2) is 24.3 Å². The number of aryl methyl sites for hydroxylation is 1. The fourth-order valence-electron chi connectivity index (χ4n) is 1.45. The first-order valence-corrected chi connectivity index (χ1v) is 8.45. The molecule has 7 nitrogen and oxygen atoms in total. The van der Waals surface area contributed by atoms with Crippen molar-refractivity contribution in [3.63, 3.8) is 0 Å². The highest BCUT2D eigenvalue weighted by molar-refractivity contribution is 5.81. The van der Waals surface area contributed by atoms with Gasteiger partial charge in [-0.25, -0.2) is 0 Å². The van der Waals surface area contributed by atoms with Gasteiger partial charge in [0.25, 0.3) is 0 Å². The van der Waals surface area contributed by atoms with Crippen LogP contribution in [0.3, 0.4) is 0 Å². The third kappa shape index (κ3) is 21.4. The zero-order chi connectivity index (χ0) is 20.5. The topological polar surface area (TPSA) is 119 Å². The van der Waals surface area contributed by atoms with Crippen LogP contribution in [0.4, 0.5) is 0 Å². The summed E-state index contributed by atoms with van der Waals surface area (Å²) in [6.45, 7) is 7.72. The van der Waals surface area contributed by atoms with Crippen LogP contribution in [0.5, 0.6) is 5.75 Å². The van der Waals surface area contributed by atoms with Gasteiger partial charge in [-0.1, -0.05) is 32.9 Å². The van der Waals surface area contributed by atoms with Crippen LogP contribution < -0.4 is 11.1 Å². The molecular weight excluding hydrogens is 336 g/mol.